The quantitative estimate of drug-likeness (QED) is 0.710. The maximum atomic E-state index is 5.15. The molecule has 1 aromatic carbocycles. The number of unbranched alkanes of at least 4 members (excludes halogenated alkanes) is 1. The number of hydrogen-bond donors (Lipinski definition) is 1. The summed E-state index contributed by atoms with van der Waals surface area (Å²) >= 11 is 0. The molecular formula is C18H28N2O. The number of fused-ring (bicyclic) bond motifs is 1. The Labute approximate surface area is 128 Å². The largest absolute Gasteiger partial charge is 0.385 e. The first-order chi connectivity index (χ1) is 10.2. The van der Waals surface area contributed by atoms with Gasteiger partial charge < -0.3 is 14.6 Å². The van der Waals surface area contributed by atoms with Crippen LogP contribution in [0.25, 0.3) is 10.9 Å². The van der Waals surface area contributed by atoms with Crippen LogP contribution in [0.3, 0.4) is 0 Å². The molecule has 3 nitrogen and oxygen atoms in total. The Morgan fingerprint density at radius 3 is 2.76 bits per heavy atom. The number of para-hydroxylation sites is 1. The molecule has 0 saturated carbocycles. The van der Waals surface area contributed by atoms with Crippen molar-refractivity contribution in [3.05, 3.63) is 36.0 Å². The summed E-state index contributed by atoms with van der Waals surface area (Å²) in [6.07, 6.45) is 2.27. The molecule has 2 rings (SSSR count). The van der Waals surface area contributed by atoms with Crippen molar-refractivity contribution in [2.45, 2.75) is 39.8 Å². The molecule has 2 aromatic rings. The number of nitrogens with zero attached hydrogens (tertiary/aromatic N) is 1. The van der Waals surface area contributed by atoms with Crippen LogP contribution in [0.4, 0.5) is 0 Å². The molecule has 21 heavy (non-hydrogen) atoms. The maximum absolute atomic E-state index is 5.15. The van der Waals surface area contributed by atoms with Gasteiger partial charge in [-0.2, -0.15) is 0 Å². The third-order valence-corrected chi connectivity index (χ3v) is 3.74. The number of ether oxygens (including phenoxy) is 1. The molecule has 0 radical (unpaired) electrons. The number of methoxy groups -OCH3 is 1. The molecule has 0 aliphatic carbocycles. The number of aromatic nitrogens is 1. The van der Waals surface area contributed by atoms with E-state index < -0.39 is 0 Å². The zero-order chi connectivity index (χ0) is 15.1. The van der Waals surface area contributed by atoms with Crippen LogP contribution < -0.4 is 5.32 Å². The van der Waals surface area contributed by atoms with Crippen LogP contribution in [-0.2, 0) is 17.8 Å². The molecule has 1 N–H and O–H groups in total. The number of nitrogens with one attached hydrogen (secondary N) is 1. The minimum absolute atomic E-state index is 0.685. The van der Waals surface area contributed by atoms with Crippen molar-refractivity contribution >= 4 is 10.9 Å². The van der Waals surface area contributed by atoms with E-state index in [1.54, 1.807) is 7.11 Å². The standard InChI is InChI=1S/C18H28N2O/c1-15(2)13-19-14-17-12-16-8-4-5-9-18(16)20(17)10-6-7-11-21-3/h4-5,8-9,12,15,19H,6-7,10-11,13-14H2,1-3H3. The lowest BCUT2D eigenvalue weighted by atomic mass is 10.2. The van der Waals surface area contributed by atoms with Crippen molar-refractivity contribution in [2.75, 3.05) is 20.3 Å². The molecule has 1 aromatic heterocycles. The van der Waals surface area contributed by atoms with E-state index in [1.807, 2.05) is 0 Å². The minimum atomic E-state index is 0.685. The molecule has 0 aliphatic rings. The molecule has 0 bridgehead atoms. The van der Waals surface area contributed by atoms with Crippen LogP contribution in [0.1, 0.15) is 32.4 Å². The fraction of sp³-hybridized carbons (Fsp3) is 0.556. The molecule has 0 amide bonds. The summed E-state index contributed by atoms with van der Waals surface area (Å²) < 4.78 is 7.61. The average Bonchev–Trinajstić information content (AvgIpc) is 2.81. The predicted octanol–water partition coefficient (Wildman–Crippen LogP) is 3.81. The van der Waals surface area contributed by atoms with Crippen LogP contribution in [0.15, 0.2) is 30.3 Å². The fourth-order valence-corrected chi connectivity index (χ4v) is 2.68. The maximum Gasteiger partial charge on any atom is 0.0482 e. The van der Waals surface area contributed by atoms with E-state index in [9.17, 15) is 0 Å². The van der Waals surface area contributed by atoms with Gasteiger partial charge in [0.1, 0.15) is 0 Å². The fourth-order valence-electron chi connectivity index (χ4n) is 2.68. The summed E-state index contributed by atoms with van der Waals surface area (Å²) in [4.78, 5) is 0. The SMILES string of the molecule is COCCCCn1c(CNCC(C)C)cc2ccccc21. The summed E-state index contributed by atoms with van der Waals surface area (Å²) in [5, 5.41) is 4.90. The molecule has 0 aliphatic heterocycles. The highest BCUT2D eigenvalue weighted by atomic mass is 16.5. The van der Waals surface area contributed by atoms with Crippen molar-refractivity contribution in [3.8, 4) is 0 Å². The lowest BCUT2D eigenvalue weighted by Crippen LogP contribution is -2.21. The van der Waals surface area contributed by atoms with Gasteiger partial charge in [0.15, 0.2) is 0 Å². The summed E-state index contributed by atoms with van der Waals surface area (Å²) in [7, 11) is 1.77. The summed E-state index contributed by atoms with van der Waals surface area (Å²) in [5.41, 5.74) is 2.73. The highest BCUT2D eigenvalue weighted by Crippen LogP contribution is 2.20. The Morgan fingerprint density at radius 2 is 2.00 bits per heavy atom. The smallest absolute Gasteiger partial charge is 0.0482 e. The molecule has 0 spiro atoms. The number of benzene rings is 1. The van der Waals surface area contributed by atoms with Gasteiger partial charge in [-0.25, -0.2) is 0 Å². The lowest BCUT2D eigenvalue weighted by molar-refractivity contribution is 0.191. The van der Waals surface area contributed by atoms with Gasteiger partial charge in [-0.05, 0) is 42.8 Å². The van der Waals surface area contributed by atoms with Crippen LogP contribution in [0.5, 0.6) is 0 Å². The van der Waals surface area contributed by atoms with Crippen molar-refractivity contribution in [1.82, 2.24) is 9.88 Å². The van der Waals surface area contributed by atoms with Gasteiger partial charge >= 0.3 is 0 Å². The van der Waals surface area contributed by atoms with Crippen molar-refractivity contribution in [1.29, 1.82) is 0 Å². The first-order valence-electron chi connectivity index (χ1n) is 7.99. The first-order valence-corrected chi connectivity index (χ1v) is 7.99. The van der Waals surface area contributed by atoms with Crippen LogP contribution in [0.2, 0.25) is 0 Å². The topological polar surface area (TPSA) is 26.2 Å². The Kier molecular flexibility index (Phi) is 6.27. The third-order valence-electron chi connectivity index (χ3n) is 3.74. The highest BCUT2D eigenvalue weighted by molar-refractivity contribution is 5.81. The zero-order valence-corrected chi connectivity index (χ0v) is 13.6. The summed E-state index contributed by atoms with van der Waals surface area (Å²) in [6, 6.07) is 11.0. The Balaban J connectivity index is 2.09. The van der Waals surface area contributed by atoms with E-state index in [4.69, 9.17) is 4.74 Å². The van der Waals surface area contributed by atoms with E-state index in [2.05, 4.69) is 54.1 Å². The van der Waals surface area contributed by atoms with Gasteiger partial charge in [0.2, 0.25) is 0 Å². The second kappa shape index (κ2) is 8.20. The third kappa shape index (κ3) is 4.58. The molecule has 3 heteroatoms. The number of hydrogen-bond acceptors (Lipinski definition) is 2. The second-order valence-electron chi connectivity index (χ2n) is 6.07. The number of rotatable bonds is 9. The summed E-state index contributed by atoms with van der Waals surface area (Å²) in [6.45, 7) is 8.40. The highest BCUT2D eigenvalue weighted by Gasteiger charge is 2.08. The number of aryl methyl sites for hydroxylation is 1. The zero-order valence-electron chi connectivity index (χ0n) is 13.6. The van der Waals surface area contributed by atoms with Gasteiger partial charge in [-0.3, -0.25) is 0 Å². The molecule has 0 saturated heterocycles. The van der Waals surface area contributed by atoms with Gasteiger partial charge in [-0.15, -0.1) is 0 Å². The monoisotopic (exact) mass is 288 g/mol. The Bertz CT molecular complexity index is 545. The summed E-state index contributed by atoms with van der Waals surface area (Å²) in [5.74, 6) is 0.685. The van der Waals surface area contributed by atoms with Gasteiger partial charge in [0, 0.05) is 38.0 Å². The van der Waals surface area contributed by atoms with Gasteiger partial charge in [0.25, 0.3) is 0 Å². The predicted molar refractivity (Wildman–Crippen MR) is 89.6 cm³/mol. The van der Waals surface area contributed by atoms with Crippen molar-refractivity contribution in [3.63, 3.8) is 0 Å². The van der Waals surface area contributed by atoms with Crippen molar-refractivity contribution in [2.24, 2.45) is 5.92 Å². The second-order valence-corrected chi connectivity index (χ2v) is 6.07. The van der Waals surface area contributed by atoms with Crippen LogP contribution in [-0.4, -0.2) is 24.8 Å². The molecule has 116 valence electrons. The van der Waals surface area contributed by atoms with E-state index >= 15 is 0 Å². The van der Waals surface area contributed by atoms with Gasteiger partial charge in [-0.1, -0.05) is 32.0 Å². The van der Waals surface area contributed by atoms with Crippen LogP contribution >= 0.6 is 0 Å². The Hall–Kier alpha value is -1.32. The van der Waals surface area contributed by atoms with Crippen molar-refractivity contribution < 1.29 is 4.74 Å². The molecular weight excluding hydrogens is 260 g/mol. The van der Waals surface area contributed by atoms with Gasteiger partial charge in [0.05, 0.1) is 0 Å². The first kappa shape index (κ1) is 16.1. The van der Waals surface area contributed by atoms with E-state index in [1.165, 1.54) is 16.6 Å². The molecule has 1 heterocycles. The average molecular weight is 288 g/mol. The minimum Gasteiger partial charge on any atom is -0.385 e. The van der Waals surface area contributed by atoms with E-state index in [-0.39, 0.29) is 0 Å². The molecule has 0 atom stereocenters. The van der Waals surface area contributed by atoms with E-state index in [0.29, 0.717) is 5.92 Å². The Morgan fingerprint density at radius 1 is 1.19 bits per heavy atom. The lowest BCUT2D eigenvalue weighted by Gasteiger charge is -2.12. The van der Waals surface area contributed by atoms with E-state index in [0.717, 1.165) is 39.1 Å². The molecule has 0 unspecified atom stereocenters. The van der Waals surface area contributed by atoms with Crippen LogP contribution in [0, 0.1) is 5.92 Å². The molecule has 0 fully saturated rings. The normalized spacial score (nSPS) is 11.6.